The highest BCUT2D eigenvalue weighted by Gasteiger charge is 2.23. The summed E-state index contributed by atoms with van der Waals surface area (Å²) in [6.45, 7) is 0. The van der Waals surface area contributed by atoms with Crippen LogP contribution < -0.4 is 0 Å². The lowest BCUT2D eigenvalue weighted by Crippen LogP contribution is -1.97. The molecule has 4 aromatic heterocycles. The van der Waals surface area contributed by atoms with Gasteiger partial charge < -0.3 is 18.3 Å². The zero-order chi connectivity index (χ0) is 64.6. The monoisotopic (exact) mass is 1250 g/mol. The summed E-state index contributed by atoms with van der Waals surface area (Å²) in [7, 11) is 0. The summed E-state index contributed by atoms with van der Waals surface area (Å²) in [5.74, 6) is 0. The summed E-state index contributed by atoms with van der Waals surface area (Å²) in [6, 6.07) is 137. The van der Waals surface area contributed by atoms with Gasteiger partial charge in [-0.25, -0.2) is 0 Å². The van der Waals surface area contributed by atoms with E-state index in [-0.39, 0.29) is 0 Å². The van der Waals surface area contributed by atoms with Gasteiger partial charge >= 0.3 is 0 Å². The van der Waals surface area contributed by atoms with Crippen molar-refractivity contribution in [2.75, 3.05) is 0 Å². The molecular weight excluding hydrogens is 1190 g/mol. The Bertz CT molecular complexity index is 6400. The number of fused-ring (bicyclic) bond motifs is 13. The topological polar surface area (TPSA) is 19.7 Å². The highest BCUT2D eigenvalue weighted by Crippen LogP contribution is 2.46. The van der Waals surface area contributed by atoms with Gasteiger partial charge in [-0.2, -0.15) is 0 Å². The van der Waals surface area contributed by atoms with Gasteiger partial charge in [0, 0.05) is 65.5 Å². The van der Waals surface area contributed by atoms with Crippen LogP contribution in [0.25, 0.3) is 176 Å². The van der Waals surface area contributed by atoms with Crippen LogP contribution in [0.4, 0.5) is 0 Å². The number of aromatic nitrogens is 4. The number of nitrogens with zero attached hydrogens (tertiary/aromatic N) is 4. The Balaban J connectivity index is 0.000000137. The van der Waals surface area contributed by atoms with E-state index < -0.39 is 0 Å². The molecule has 20 rings (SSSR count). The quantitative estimate of drug-likeness (QED) is 0.137. The van der Waals surface area contributed by atoms with Crippen LogP contribution in [0.5, 0.6) is 0 Å². The second kappa shape index (κ2) is 23.5. The fourth-order valence-corrected chi connectivity index (χ4v) is 15.5. The van der Waals surface area contributed by atoms with E-state index in [1.54, 1.807) is 0 Å². The minimum Gasteiger partial charge on any atom is -0.309 e. The Morgan fingerprint density at radius 3 is 1.05 bits per heavy atom. The summed E-state index contributed by atoms with van der Waals surface area (Å²) < 4.78 is 9.78. The van der Waals surface area contributed by atoms with Gasteiger partial charge in [-0.3, -0.25) is 0 Å². The molecule has 458 valence electrons. The predicted octanol–water partition coefficient (Wildman–Crippen LogP) is 25.2. The van der Waals surface area contributed by atoms with Crippen LogP contribution in [-0.2, 0) is 0 Å². The third-order valence-electron chi connectivity index (χ3n) is 20.0. The average Bonchev–Trinajstić information content (AvgIpc) is 1.56. The van der Waals surface area contributed by atoms with Crippen molar-refractivity contribution >= 4 is 98.0 Å². The molecule has 0 aliphatic rings. The van der Waals surface area contributed by atoms with Crippen LogP contribution in [0.1, 0.15) is 0 Å². The van der Waals surface area contributed by atoms with Crippen LogP contribution in [0.15, 0.2) is 376 Å². The number of para-hydroxylation sites is 4. The van der Waals surface area contributed by atoms with Gasteiger partial charge in [0.15, 0.2) is 0 Å². The number of benzene rings is 16. The third kappa shape index (κ3) is 9.45. The van der Waals surface area contributed by atoms with Crippen LogP contribution in [0, 0.1) is 0 Å². The fourth-order valence-electron chi connectivity index (χ4n) is 15.5. The molecule has 0 amide bonds. The van der Waals surface area contributed by atoms with Crippen LogP contribution >= 0.6 is 0 Å². The van der Waals surface area contributed by atoms with E-state index in [0.717, 1.165) is 11.4 Å². The van der Waals surface area contributed by atoms with E-state index >= 15 is 0 Å². The van der Waals surface area contributed by atoms with E-state index in [9.17, 15) is 0 Å². The van der Waals surface area contributed by atoms with Crippen molar-refractivity contribution in [1.82, 2.24) is 18.3 Å². The van der Waals surface area contributed by atoms with Crippen molar-refractivity contribution in [3.63, 3.8) is 0 Å². The summed E-state index contributed by atoms with van der Waals surface area (Å²) in [5, 5.41) is 12.5. The first-order chi connectivity index (χ1) is 48.6. The van der Waals surface area contributed by atoms with E-state index in [0.29, 0.717) is 0 Å². The van der Waals surface area contributed by atoms with Crippen LogP contribution in [0.3, 0.4) is 0 Å². The van der Waals surface area contributed by atoms with Crippen LogP contribution in [-0.4, -0.2) is 18.3 Å². The van der Waals surface area contributed by atoms with E-state index in [1.165, 1.54) is 165 Å². The first kappa shape index (κ1) is 56.5. The van der Waals surface area contributed by atoms with Gasteiger partial charge in [-0.1, -0.05) is 273 Å². The van der Waals surface area contributed by atoms with E-state index in [1.807, 2.05) is 0 Å². The standard InChI is InChI=1S/C48H32N2.C46H30N2/c1-4-13-33(14-5-1)34-23-25-35(26-24-34)36-27-29-39(30-28-36)49-44-21-11-10-19-41(44)42-31-47-43(32-46(42)49)48-40(37-15-6-2-7-16-37)20-12-22-45(48)50(47)38-17-8-3-9-18-38;1-4-14-31(15-5-1)33-24-25-43-39(27-33)41-30-45-40(38-22-12-13-23-42(38)47(45)36-19-8-3-9-20-36)29-46(41)48(43)44-28-35(32-16-6-2-7-17-32)26-34-18-10-11-21-37(34)44/h1-32H;1-30H. The molecule has 4 heteroatoms. The minimum absolute atomic E-state index is 1.15. The number of hydrogen-bond donors (Lipinski definition) is 0. The second-order valence-electron chi connectivity index (χ2n) is 25.6. The maximum Gasteiger partial charge on any atom is 0.0549 e. The molecule has 4 heterocycles. The molecule has 0 aliphatic carbocycles. The first-order valence-corrected chi connectivity index (χ1v) is 33.7. The summed E-state index contributed by atoms with van der Waals surface area (Å²) in [4.78, 5) is 0. The molecule has 98 heavy (non-hydrogen) atoms. The average molecular weight is 1250 g/mol. The molecular formula is C94H62N4. The Morgan fingerprint density at radius 1 is 0.153 bits per heavy atom. The van der Waals surface area contributed by atoms with Gasteiger partial charge in [0.25, 0.3) is 0 Å². The zero-order valence-corrected chi connectivity index (χ0v) is 53.6. The lowest BCUT2D eigenvalue weighted by molar-refractivity contribution is 1.17. The molecule has 0 N–H and O–H groups in total. The molecule has 0 radical (unpaired) electrons. The largest absolute Gasteiger partial charge is 0.309 e. The predicted molar refractivity (Wildman–Crippen MR) is 415 cm³/mol. The molecule has 0 saturated carbocycles. The smallest absolute Gasteiger partial charge is 0.0549 e. The van der Waals surface area contributed by atoms with Gasteiger partial charge in [0.1, 0.15) is 0 Å². The zero-order valence-electron chi connectivity index (χ0n) is 53.6. The second-order valence-corrected chi connectivity index (χ2v) is 25.6. The third-order valence-corrected chi connectivity index (χ3v) is 20.0. The normalized spacial score (nSPS) is 11.7. The molecule has 0 unspecified atom stereocenters. The molecule has 0 spiro atoms. The molecule has 0 saturated heterocycles. The Kier molecular flexibility index (Phi) is 13.5. The summed E-state index contributed by atoms with van der Waals surface area (Å²) in [5.41, 5.74) is 26.5. The maximum atomic E-state index is 2.50. The molecule has 16 aromatic carbocycles. The molecule has 0 fully saturated rings. The fraction of sp³-hybridized carbons (Fsp3) is 0. The van der Waals surface area contributed by atoms with Crippen molar-refractivity contribution in [3.05, 3.63) is 376 Å². The summed E-state index contributed by atoms with van der Waals surface area (Å²) >= 11 is 0. The van der Waals surface area contributed by atoms with Crippen molar-refractivity contribution in [2.24, 2.45) is 0 Å². The van der Waals surface area contributed by atoms with Crippen molar-refractivity contribution in [2.45, 2.75) is 0 Å². The Morgan fingerprint density at radius 2 is 0.500 bits per heavy atom. The molecule has 0 bridgehead atoms. The highest BCUT2D eigenvalue weighted by molar-refractivity contribution is 6.23. The van der Waals surface area contributed by atoms with Gasteiger partial charge in [-0.15, -0.1) is 0 Å². The molecule has 0 aliphatic heterocycles. The molecule has 0 atom stereocenters. The SMILES string of the molecule is c1ccc(-c2cc(-n3c4ccc(-c5ccccc5)cc4c4cc5c(cc43)c3ccccc3n5-c3ccccc3)c3ccccc3c2)cc1.c1ccc(-c2ccc(-c3ccc(-n4c5ccccc5c5cc6c(cc54)c4c(-c5ccccc5)cccc4n6-c4ccccc4)cc3)cc2)cc1. The van der Waals surface area contributed by atoms with E-state index in [2.05, 4.69) is 394 Å². The Labute approximate surface area is 567 Å². The molecule has 20 aromatic rings. The van der Waals surface area contributed by atoms with Crippen LogP contribution in [0.2, 0.25) is 0 Å². The molecule has 4 nitrogen and oxygen atoms in total. The van der Waals surface area contributed by atoms with Gasteiger partial charge in [0.05, 0.1) is 49.8 Å². The van der Waals surface area contributed by atoms with E-state index in [4.69, 9.17) is 0 Å². The highest BCUT2D eigenvalue weighted by atomic mass is 15.0. The Hall–Kier alpha value is -13.0. The summed E-state index contributed by atoms with van der Waals surface area (Å²) in [6.07, 6.45) is 0. The minimum atomic E-state index is 1.15. The van der Waals surface area contributed by atoms with Crippen molar-refractivity contribution in [1.29, 1.82) is 0 Å². The van der Waals surface area contributed by atoms with Gasteiger partial charge in [-0.05, 0) is 164 Å². The lowest BCUT2D eigenvalue weighted by Gasteiger charge is -2.15. The van der Waals surface area contributed by atoms with Gasteiger partial charge in [0.2, 0.25) is 0 Å². The number of hydrogen-bond acceptors (Lipinski definition) is 0. The number of rotatable bonds is 9. The lowest BCUT2D eigenvalue weighted by atomic mass is 9.99. The van der Waals surface area contributed by atoms with Crippen molar-refractivity contribution < 1.29 is 0 Å². The van der Waals surface area contributed by atoms with Crippen molar-refractivity contribution in [3.8, 4) is 78.4 Å². The first-order valence-electron chi connectivity index (χ1n) is 33.7. The maximum absolute atomic E-state index is 2.50.